The molecule has 1 fully saturated rings. The Morgan fingerprint density at radius 3 is 2.41 bits per heavy atom. The van der Waals surface area contributed by atoms with Gasteiger partial charge >= 0.3 is 0 Å². The van der Waals surface area contributed by atoms with Crippen LogP contribution < -0.4 is 15.5 Å². The average molecular weight is 480 g/mol. The molecule has 0 saturated heterocycles. The van der Waals surface area contributed by atoms with Crippen LogP contribution in [0.2, 0.25) is 0 Å². The standard InChI is InChI=1S/C26H29N3O4S/c1-17-9-12-20(13-10-17)29(23(30)16-27-25(31)22-8-5-15-34-22)24(21-14-11-18(2)33-21)26(32)28-19-6-3-4-7-19/h5,8-15,19,24H,3-4,6-7,16H2,1-2H3,(H,27,31)(H,28,32). The molecule has 2 aromatic heterocycles. The van der Waals surface area contributed by atoms with Crippen molar-refractivity contribution in [2.24, 2.45) is 0 Å². The number of furan rings is 1. The molecule has 1 saturated carbocycles. The van der Waals surface area contributed by atoms with Crippen LogP contribution in [0.15, 0.2) is 58.3 Å². The van der Waals surface area contributed by atoms with E-state index < -0.39 is 11.9 Å². The summed E-state index contributed by atoms with van der Waals surface area (Å²) in [6, 6.07) is 13.5. The second kappa shape index (κ2) is 10.7. The molecule has 3 aromatic rings. The predicted molar refractivity (Wildman–Crippen MR) is 132 cm³/mol. The van der Waals surface area contributed by atoms with Gasteiger partial charge in [0, 0.05) is 11.7 Å². The summed E-state index contributed by atoms with van der Waals surface area (Å²) in [7, 11) is 0. The second-order valence-electron chi connectivity index (χ2n) is 8.60. The van der Waals surface area contributed by atoms with Gasteiger partial charge in [-0.25, -0.2) is 0 Å². The van der Waals surface area contributed by atoms with E-state index in [2.05, 4.69) is 10.6 Å². The number of carbonyl (C=O) groups excluding carboxylic acids is 3. The maximum Gasteiger partial charge on any atom is 0.261 e. The van der Waals surface area contributed by atoms with Gasteiger partial charge in [0.15, 0.2) is 6.04 Å². The lowest BCUT2D eigenvalue weighted by Crippen LogP contribution is -2.49. The number of hydrogen-bond donors (Lipinski definition) is 2. The Hall–Kier alpha value is -3.39. The Bertz CT molecular complexity index is 1130. The number of amides is 3. The zero-order valence-corrected chi connectivity index (χ0v) is 20.2. The van der Waals surface area contributed by atoms with E-state index in [1.165, 1.54) is 16.2 Å². The molecule has 8 heteroatoms. The van der Waals surface area contributed by atoms with E-state index in [9.17, 15) is 14.4 Å². The molecule has 2 N–H and O–H groups in total. The maximum atomic E-state index is 13.6. The minimum atomic E-state index is -0.997. The first kappa shape index (κ1) is 23.8. The Morgan fingerprint density at radius 1 is 1.06 bits per heavy atom. The fraction of sp³-hybridized carbons (Fsp3) is 0.346. The van der Waals surface area contributed by atoms with Crippen LogP contribution in [0.3, 0.4) is 0 Å². The minimum absolute atomic E-state index is 0.0829. The summed E-state index contributed by atoms with van der Waals surface area (Å²) in [5.41, 5.74) is 1.59. The molecule has 4 rings (SSSR count). The van der Waals surface area contributed by atoms with E-state index in [1.54, 1.807) is 48.7 Å². The highest BCUT2D eigenvalue weighted by Gasteiger charge is 2.36. The molecular formula is C26H29N3O4S. The van der Waals surface area contributed by atoms with Gasteiger partial charge < -0.3 is 15.1 Å². The van der Waals surface area contributed by atoms with Crippen molar-refractivity contribution < 1.29 is 18.8 Å². The molecule has 1 unspecified atom stereocenters. The minimum Gasteiger partial charge on any atom is -0.464 e. The van der Waals surface area contributed by atoms with Crippen LogP contribution in [0.25, 0.3) is 0 Å². The third kappa shape index (κ3) is 5.56. The molecule has 0 aliphatic heterocycles. The average Bonchev–Trinajstić information content (AvgIpc) is 3.60. The first-order chi connectivity index (χ1) is 16.4. The number of carbonyl (C=O) groups is 3. The number of nitrogens with zero attached hydrogens (tertiary/aromatic N) is 1. The fourth-order valence-corrected chi connectivity index (χ4v) is 4.84. The van der Waals surface area contributed by atoms with Crippen molar-refractivity contribution in [1.82, 2.24) is 10.6 Å². The van der Waals surface area contributed by atoms with E-state index in [1.807, 2.05) is 19.1 Å². The van der Waals surface area contributed by atoms with Crippen LogP contribution in [-0.2, 0) is 9.59 Å². The molecule has 3 amide bonds. The zero-order valence-electron chi connectivity index (χ0n) is 19.4. The number of thiophene rings is 1. The summed E-state index contributed by atoms with van der Waals surface area (Å²) in [4.78, 5) is 41.5. The Balaban J connectivity index is 1.65. The predicted octanol–water partition coefficient (Wildman–Crippen LogP) is 4.52. The van der Waals surface area contributed by atoms with Gasteiger partial charge in [0.05, 0.1) is 11.4 Å². The van der Waals surface area contributed by atoms with Gasteiger partial charge in [0.1, 0.15) is 11.5 Å². The van der Waals surface area contributed by atoms with E-state index in [4.69, 9.17) is 4.42 Å². The Kier molecular flexibility index (Phi) is 7.47. The molecule has 1 aliphatic carbocycles. The maximum absolute atomic E-state index is 13.6. The van der Waals surface area contributed by atoms with Crippen LogP contribution in [0.4, 0.5) is 5.69 Å². The van der Waals surface area contributed by atoms with Crippen molar-refractivity contribution in [3.8, 4) is 0 Å². The van der Waals surface area contributed by atoms with Crippen molar-refractivity contribution in [3.63, 3.8) is 0 Å². The largest absolute Gasteiger partial charge is 0.464 e. The number of aryl methyl sites for hydroxylation is 2. The van der Waals surface area contributed by atoms with Crippen molar-refractivity contribution in [1.29, 1.82) is 0 Å². The van der Waals surface area contributed by atoms with Gasteiger partial charge in [-0.1, -0.05) is 36.6 Å². The number of benzene rings is 1. The van der Waals surface area contributed by atoms with E-state index in [-0.39, 0.29) is 24.4 Å². The molecule has 7 nitrogen and oxygen atoms in total. The fourth-order valence-electron chi connectivity index (χ4n) is 4.20. The normalized spacial score (nSPS) is 14.5. The van der Waals surface area contributed by atoms with Gasteiger partial charge in [0.2, 0.25) is 5.91 Å². The topological polar surface area (TPSA) is 91.7 Å². The molecule has 1 atom stereocenters. The van der Waals surface area contributed by atoms with Crippen molar-refractivity contribution in [3.05, 3.63) is 75.9 Å². The molecule has 0 spiro atoms. The first-order valence-corrected chi connectivity index (χ1v) is 12.4. The lowest BCUT2D eigenvalue weighted by Gasteiger charge is -2.31. The van der Waals surface area contributed by atoms with Gasteiger partial charge in [0.25, 0.3) is 11.8 Å². The van der Waals surface area contributed by atoms with E-state index >= 15 is 0 Å². The molecule has 1 aliphatic rings. The highest BCUT2D eigenvalue weighted by Crippen LogP contribution is 2.30. The highest BCUT2D eigenvalue weighted by atomic mass is 32.1. The van der Waals surface area contributed by atoms with Crippen molar-refractivity contribution in [2.45, 2.75) is 51.6 Å². The summed E-state index contributed by atoms with van der Waals surface area (Å²) >= 11 is 1.30. The van der Waals surface area contributed by atoms with Crippen LogP contribution >= 0.6 is 11.3 Å². The third-order valence-electron chi connectivity index (χ3n) is 5.96. The highest BCUT2D eigenvalue weighted by molar-refractivity contribution is 7.12. The zero-order chi connectivity index (χ0) is 24.1. The summed E-state index contributed by atoms with van der Waals surface area (Å²) in [5.74, 6) is 0.00428. The summed E-state index contributed by atoms with van der Waals surface area (Å²) in [6.07, 6.45) is 3.99. The van der Waals surface area contributed by atoms with Gasteiger partial charge in [-0.2, -0.15) is 0 Å². The number of nitrogens with one attached hydrogen (secondary N) is 2. The SMILES string of the molecule is Cc1ccc(N(C(=O)CNC(=O)c2cccs2)C(C(=O)NC2CCCC2)c2ccc(C)o2)cc1. The van der Waals surface area contributed by atoms with E-state index in [0.29, 0.717) is 22.1 Å². The van der Waals surface area contributed by atoms with Crippen molar-refractivity contribution >= 4 is 34.7 Å². The van der Waals surface area contributed by atoms with Crippen LogP contribution in [0, 0.1) is 13.8 Å². The van der Waals surface area contributed by atoms with Crippen LogP contribution in [0.1, 0.15) is 58.5 Å². The molecule has 0 bridgehead atoms. The third-order valence-corrected chi connectivity index (χ3v) is 6.83. The monoisotopic (exact) mass is 479 g/mol. The smallest absolute Gasteiger partial charge is 0.261 e. The second-order valence-corrected chi connectivity index (χ2v) is 9.55. The van der Waals surface area contributed by atoms with Gasteiger partial charge in [-0.15, -0.1) is 11.3 Å². The van der Waals surface area contributed by atoms with Gasteiger partial charge in [-0.05, 0) is 62.4 Å². The quantitative estimate of drug-likeness (QED) is 0.497. The lowest BCUT2D eigenvalue weighted by atomic mass is 10.1. The summed E-state index contributed by atoms with van der Waals surface area (Å²) in [6.45, 7) is 3.50. The molecule has 1 aromatic carbocycles. The van der Waals surface area contributed by atoms with Crippen molar-refractivity contribution in [2.75, 3.05) is 11.4 Å². The number of anilines is 1. The van der Waals surface area contributed by atoms with E-state index in [0.717, 1.165) is 31.2 Å². The summed E-state index contributed by atoms with van der Waals surface area (Å²) in [5, 5.41) is 7.60. The summed E-state index contributed by atoms with van der Waals surface area (Å²) < 4.78 is 5.85. The molecular weight excluding hydrogens is 450 g/mol. The van der Waals surface area contributed by atoms with Crippen LogP contribution in [0.5, 0.6) is 0 Å². The molecule has 2 heterocycles. The lowest BCUT2D eigenvalue weighted by molar-refractivity contribution is -0.127. The van der Waals surface area contributed by atoms with Crippen LogP contribution in [-0.4, -0.2) is 30.3 Å². The Morgan fingerprint density at radius 2 is 1.79 bits per heavy atom. The Labute approximate surface area is 203 Å². The number of hydrogen-bond acceptors (Lipinski definition) is 5. The molecule has 178 valence electrons. The first-order valence-electron chi connectivity index (χ1n) is 11.5. The molecule has 0 radical (unpaired) electrons. The van der Waals surface area contributed by atoms with Gasteiger partial charge in [-0.3, -0.25) is 19.3 Å². The molecule has 34 heavy (non-hydrogen) atoms. The number of rotatable bonds is 8.